The average Bonchev–Trinajstić information content (AvgIpc) is 2.38. The van der Waals surface area contributed by atoms with Gasteiger partial charge in [-0.15, -0.1) is 0 Å². The Morgan fingerprint density at radius 1 is 1.06 bits per heavy atom. The lowest BCUT2D eigenvalue weighted by molar-refractivity contribution is 0.295. The maximum absolute atomic E-state index is 6.30. The van der Waals surface area contributed by atoms with E-state index < -0.39 is 0 Å². The van der Waals surface area contributed by atoms with Gasteiger partial charge in [-0.3, -0.25) is 0 Å². The molecule has 0 spiro atoms. The molecule has 0 radical (unpaired) electrons. The molecule has 1 heteroatoms. The molecular formula is C15H23N. The Kier molecular flexibility index (Phi) is 4.41. The first kappa shape index (κ1) is 11.7. The summed E-state index contributed by atoms with van der Waals surface area (Å²) < 4.78 is 0. The van der Waals surface area contributed by atoms with E-state index in [2.05, 4.69) is 30.3 Å². The fourth-order valence-corrected chi connectivity index (χ4v) is 2.78. The van der Waals surface area contributed by atoms with Gasteiger partial charge in [0.1, 0.15) is 0 Å². The summed E-state index contributed by atoms with van der Waals surface area (Å²) in [5, 5.41) is 0. The van der Waals surface area contributed by atoms with Crippen molar-refractivity contribution in [2.24, 2.45) is 11.7 Å². The second-order valence-corrected chi connectivity index (χ2v) is 5.09. The molecular weight excluding hydrogens is 194 g/mol. The Hall–Kier alpha value is -0.820. The highest BCUT2D eigenvalue weighted by Gasteiger charge is 2.19. The summed E-state index contributed by atoms with van der Waals surface area (Å²) >= 11 is 0. The van der Waals surface area contributed by atoms with Crippen LogP contribution in [0.4, 0.5) is 0 Å². The van der Waals surface area contributed by atoms with Crippen molar-refractivity contribution < 1.29 is 0 Å². The van der Waals surface area contributed by atoms with Gasteiger partial charge in [0.2, 0.25) is 0 Å². The van der Waals surface area contributed by atoms with Crippen molar-refractivity contribution in [3.63, 3.8) is 0 Å². The van der Waals surface area contributed by atoms with Gasteiger partial charge in [-0.1, -0.05) is 49.6 Å². The molecule has 1 fully saturated rings. The molecule has 2 rings (SSSR count). The van der Waals surface area contributed by atoms with Crippen molar-refractivity contribution in [1.82, 2.24) is 0 Å². The van der Waals surface area contributed by atoms with Crippen molar-refractivity contribution in [2.45, 2.75) is 51.0 Å². The minimum atomic E-state index is 0.417. The van der Waals surface area contributed by atoms with Crippen LogP contribution in [0.2, 0.25) is 0 Å². The van der Waals surface area contributed by atoms with Gasteiger partial charge in [-0.2, -0.15) is 0 Å². The highest BCUT2D eigenvalue weighted by atomic mass is 14.6. The third-order valence-corrected chi connectivity index (χ3v) is 3.86. The molecule has 0 heterocycles. The van der Waals surface area contributed by atoms with E-state index in [0.29, 0.717) is 6.04 Å². The van der Waals surface area contributed by atoms with Crippen LogP contribution in [0.1, 0.15) is 44.1 Å². The molecule has 0 unspecified atom stereocenters. The molecule has 0 aliphatic heterocycles. The van der Waals surface area contributed by atoms with Crippen molar-refractivity contribution in [3.05, 3.63) is 35.9 Å². The summed E-state index contributed by atoms with van der Waals surface area (Å²) in [6.07, 6.45) is 9.20. The molecule has 0 amide bonds. The topological polar surface area (TPSA) is 26.0 Å². The van der Waals surface area contributed by atoms with E-state index >= 15 is 0 Å². The maximum atomic E-state index is 6.30. The molecule has 0 bridgehead atoms. The van der Waals surface area contributed by atoms with E-state index in [4.69, 9.17) is 5.73 Å². The van der Waals surface area contributed by atoms with E-state index in [9.17, 15) is 0 Å². The van der Waals surface area contributed by atoms with Crippen molar-refractivity contribution >= 4 is 0 Å². The van der Waals surface area contributed by atoms with Gasteiger partial charge in [-0.05, 0) is 37.2 Å². The van der Waals surface area contributed by atoms with E-state index in [1.807, 2.05) is 0 Å². The Morgan fingerprint density at radius 2 is 1.75 bits per heavy atom. The third kappa shape index (κ3) is 3.34. The minimum absolute atomic E-state index is 0.417. The zero-order valence-electron chi connectivity index (χ0n) is 10.1. The van der Waals surface area contributed by atoms with E-state index in [0.717, 1.165) is 18.8 Å². The number of benzene rings is 1. The molecule has 1 saturated carbocycles. The number of aryl methyl sites for hydroxylation is 1. The van der Waals surface area contributed by atoms with Crippen molar-refractivity contribution in [1.29, 1.82) is 0 Å². The van der Waals surface area contributed by atoms with Gasteiger partial charge >= 0.3 is 0 Å². The molecule has 88 valence electrons. The lowest BCUT2D eigenvalue weighted by Crippen LogP contribution is -2.32. The fourth-order valence-electron chi connectivity index (χ4n) is 2.78. The largest absolute Gasteiger partial charge is 0.327 e. The van der Waals surface area contributed by atoms with Crippen LogP contribution in [0.3, 0.4) is 0 Å². The molecule has 2 N–H and O–H groups in total. The molecule has 1 aliphatic carbocycles. The normalized spacial score (nSPS) is 19.6. The standard InChI is InChI=1S/C15H23N/c16-15(14-9-5-2-6-10-14)12-11-13-7-3-1-4-8-13/h1,3-4,7-8,14-15H,2,5-6,9-12,16H2/t15-/m0/s1. The van der Waals surface area contributed by atoms with Crippen LogP contribution in [0, 0.1) is 5.92 Å². The Morgan fingerprint density at radius 3 is 2.44 bits per heavy atom. The van der Waals surface area contributed by atoms with Crippen LogP contribution in [0.25, 0.3) is 0 Å². The highest BCUT2D eigenvalue weighted by Crippen LogP contribution is 2.27. The zero-order chi connectivity index (χ0) is 11.2. The number of rotatable bonds is 4. The quantitative estimate of drug-likeness (QED) is 0.820. The number of nitrogens with two attached hydrogens (primary N) is 1. The van der Waals surface area contributed by atoms with Gasteiger partial charge < -0.3 is 5.73 Å². The number of hydrogen-bond donors (Lipinski definition) is 1. The lowest BCUT2D eigenvalue weighted by atomic mass is 9.82. The van der Waals surface area contributed by atoms with Crippen molar-refractivity contribution in [2.75, 3.05) is 0 Å². The molecule has 1 atom stereocenters. The molecule has 0 aromatic heterocycles. The summed E-state index contributed by atoms with van der Waals surface area (Å²) in [5.41, 5.74) is 7.72. The molecule has 0 saturated heterocycles. The number of hydrogen-bond acceptors (Lipinski definition) is 1. The minimum Gasteiger partial charge on any atom is -0.327 e. The summed E-state index contributed by atoms with van der Waals surface area (Å²) in [7, 11) is 0. The molecule has 1 aromatic rings. The first-order chi connectivity index (χ1) is 7.86. The predicted molar refractivity (Wildman–Crippen MR) is 69.3 cm³/mol. The van der Waals surface area contributed by atoms with Crippen molar-refractivity contribution in [3.8, 4) is 0 Å². The highest BCUT2D eigenvalue weighted by molar-refractivity contribution is 5.14. The van der Waals surface area contributed by atoms with Gasteiger partial charge in [-0.25, -0.2) is 0 Å². The molecule has 1 aromatic carbocycles. The van der Waals surface area contributed by atoms with Gasteiger partial charge in [0.25, 0.3) is 0 Å². The summed E-state index contributed by atoms with van der Waals surface area (Å²) in [4.78, 5) is 0. The van der Waals surface area contributed by atoms with Crippen LogP contribution < -0.4 is 5.73 Å². The fraction of sp³-hybridized carbons (Fsp3) is 0.600. The molecule has 16 heavy (non-hydrogen) atoms. The Bertz CT molecular complexity index is 288. The monoisotopic (exact) mass is 217 g/mol. The Labute approximate surface area is 99.0 Å². The third-order valence-electron chi connectivity index (χ3n) is 3.86. The van der Waals surface area contributed by atoms with E-state index in [1.54, 1.807) is 0 Å². The summed E-state index contributed by atoms with van der Waals surface area (Å²) in [5.74, 6) is 0.789. The molecule has 1 nitrogen and oxygen atoms in total. The zero-order valence-corrected chi connectivity index (χ0v) is 10.1. The molecule has 1 aliphatic rings. The van der Waals surface area contributed by atoms with Crippen LogP contribution in [-0.4, -0.2) is 6.04 Å². The first-order valence-electron chi connectivity index (χ1n) is 6.66. The van der Waals surface area contributed by atoms with Gasteiger partial charge in [0.05, 0.1) is 0 Å². The Balaban J connectivity index is 1.76. The summed E-state index contributed by atoms with van der Waals surface area (Å²) in [6.45, 7) is 0. The second kappa shape index (κ2) is 6.05. The van der Waals surface area contributed by atoms with E-state index in [1.165, 1.54) is 37.7 Å². The lowest BCUT2D eigenvalue weighted by Gasteiger charge is -2.27. The van der Waals surface area contributed by atoms with Gasteiger partial charge in [0.15, 0.2) is 0 Å². The second-order valence-electron chi connectivity index (χ2n) is 5.09. The average molecular weight is 217 g/mol. The van der Waals surface area contributed by atoms with Gasteiger partial charge in [0, 0.05) is 6.04 Å². The summed E-state index contributed by atoms with van der Waals surface area (Å²) in [6, 6.07) is 11.1. The maximum Gasteiger partial charge on any atom is 0.00703 e. The van der Waals surface area contributed by atoms with Crippen LogP contribution >= 0.6 is 0 Å². The van der Waals surface area contributed by atoms with Crippen LogP contribution in [-0.2, 0) is 6.42 Å². The smallest absolute Gasteiger partial charge is 0.00703 e. The van der Waals surface area contributed by atoms with Crippen LogP contribution in [0.15, 0.2) is 30.3 Å². The first-order valence-corrected chi connectivity index (χ1v) is 6.66. The van der Waals surface area contributed by atoms with Crippen LogP contribution in [0.5, 0.6) is 0 Å². The van der Waals surface area contributed by atoms with E-state index in [-0.39, 0.29) is 0 Å². The SMILES string of the molecule is N[C@@H](CCc1ccccc1)C1CCCCC1. The predicted octanol–water partition coefficient (Wildman–Crippen LogP) is 3.53.